The van der Waals surface area contributed by atoms with Crippen LogP contribution in [-0.2, 0) is 16.9 Å². The van der Waals surface area contributed by atoms with Crippen LogP contribution in [0.5, 0.6) is 0 Å². The normalized spacial score (nSPS) is 12.3. The van der Waals surface area contributed by atoms with Crippen molar-refractivity contribution in [3.63, 3.8) is 0 Å². The summed E-state index contributed by atoms with van der Waals surface area (Å²) < 4.78 is 68.3. The quantitative estimate of drug-likeness (QED) is 0.882. The zero-order chi connectivity index (χ0) is 16.5. The van der Waals surface area contributed by atoms with Gasteiger partial charge in [0.05, 0.1) is 0 Å². The van der Waals surface area contributed by atoms with Crippen molar-refractivity contribution >= 4 is 5.91 Å². The number of nitrogens with one attached hydrogen (secondary N) is 1. The molecule has 0 bridgehead atoms. The minimum absolute atomic E-state index is 0.0377. The van der Waals surface area contributed by atoms with Crippen molar-refractivity contribution in [2.75, 3.05) is 7.05 Å². The molecule has 0 aliphatic carbocycles. The molecule has 0 saturated heterocycles. The lowest BCUT2D eigenvalue weighted by molar-refractivity contribution is -0.159. The van der Waals surface area contributed by atoms with E-state index in [1.807, 2.05) is 5.32 Å². The van der Waals surface area contributed by atoms with Crippen molar-refractivity contribution in [2.24, 2.45) is 0 Å². The minimum Gasteiger partial charge on any atom is -0.354 e. The van der Waals surface area contributed by atoms with Gasteiger partial charge in [-0.05, 0) is 0 Å². The summed E-state index contributed by atoms with van der Waals surface area (Å²) in [5.41, 5.74) is -0.578. The van der Waals surface area contributed by atoms with Crippen LogP contribution in [-0.4, -0.2) is 23.1 Å². The van der Waals surface area contributed by atoms with Crippen LogP contribution < -0.4 is 5.32 Å². The number of carbonyl (C=O) groups excluding carboxylic acids is 1. The van der Waals surface area contributed by atoms with E-state index in [0.29, 0.717) is 0 Å². The van der Waals surface area contributed by atoms with Gasteiger partial charge < -0.3 is 9.84 Å². The first-order chi connectivity index (χ1) is 10.2. The van der Waals surface area contributed by atoms with Crippen molar-refractivity contribution in [3.8, 4) is 11.4 Å². The molecule has 0 fully saturated rings. The monoisotopic (exact) mass is 321 g/mol. The van der Waals surface area contributed by atoms with Gasteiger partial charge in [-0.2, -0.15) is 26.9 Å². The van der Waals surface area contributed by atoms with Crippen LogP contribution in [0, 0.1) is 0 Å². The fourth-order valence-corrected chi connectivity index (χ4v) is 1.57. The van der Waals surface area contributed by atoms with Crippen molar-refractivity contribution < 1.29 is 31.3 Å². The molecule has 5 nitrogen and oxygen atoms in total. The first-order valence-corrected chi connectivity index (χ1v) is 5.78. The number of benzene rings is 1. The molecule has 1 heterocycles. The maximum Gasteiger partial charge on any atom is 0.471 e. The third-order valence-corrected chi connectivity index (χ3v) is 2.69. The van der Waals surface area contributed by atoms with Crippen molar-refractivity contribution in [1.29, 1.82) is 0 Å². The number of rotatable bonds is 3. The Labute approximate surface area is 120 Å². The van der Waals surface area contributed by atoms with Gasteiger partial charge >= 0.3 is 18.0 Å². The van der Waals surface area contributed by atoms with Gasteiger partial charge in [-0.1, -0.05) is 29.4 Å². The van der Waals surface area contributed by atoms with Crippen LogP contribution in [0.4, 0.5) is 22.0 Å². The van der Waals surface area contributed by atoms with Gasteiger partial charge in [-0.25, -0.2) is 0 Å². The molecule has 0 spiro atoms. The van der Waals surface area contributed by atoms with Gasteiger partial charge in [0.1, 0.15) is 0 Å². The molecular formula is C12H8F5N3O2. The summed E-state index contributed by atoms with van der Waals surface area (Å²) in [5, 5.41) is 4.94. The van der Waals surface area contributed by atoms with Crippen molar-refractivity contribution in [1.82, 2.24) is 15.5 Å². The fraction of sp³-hybridized carbons (Fsp3) is 0.250. The molecule has 1 N–H and O–H groups in total. The van der Waals surface area contributed by atoms with Gasteiger partial charge in [-0.3, -0.25) is 4.79 Å². The van der Waals surface area contributed by atoms with Gasteiger partial charge in [0, 0.05) is 18.2 Å². The van der Waals surface area contributed by atoms with E-state index >= 15 is 0 Å². The number of likely N-dealkylation sites (N-methyl/N-ethyl adjacent to an activating group) is 1. The maximum absolute atomic E-state index is 13.6. The second-order valence-corrected chi connectivity index (χ2v) is 4.15. The lowest BCUT2D eigenvalue weighted by Gasteiger charge is -2.14. The van der Waals surface area contributed by atoms with E-state index in [1.54, 1.807) is 0 Å². The molecule has 10 heteroatoms. The molecule has 2 aromatic rings. The molecule has 1 amide bonds. The third kappa shape index (κ3) is 2.90. The highest BCUT2D eigenvalue weighted by molar-refractivity contribution is 5.84. The zero-order valence-corrected chi connectivity index (χ0v) is 10.9. The Morgan fingerprint density at radius 1 is 1.14 bits per heavy atom. The van der Waals surface area contributed by atoms with Crippen molar-refractivity contribution in [2.45, 2.75) is 12.1 Å². The summed E-state index contributed by atoms with van der Waals surface area (Å²) in [6.07, 6.45) is -4.79. The summed E-state index contributed by atoms with van der Waals surface area (Å²) in [6.45, 7) is 0. The summed E-state index contributed by atoms with van der Waals surface area (Å²) in [4.78, 5) is 14.2. The Morgan fingerprint density at radius 3 is 2.18 bits per heavy atom. The Balaban J connectivity index is 2.30. The molecule has 0 unspecified atom stereocenters. The number of amides is 1. The molecule has 0 radical (unpaired) electrons. The maximum atomic E-state index is 13.6. The van der Waals surface area contributed by atoms with Crippen LogP contribution >= 0.6 is 0 Å². The number of halogens is 5. The lowest BCUT2D eigenvalue weighted by atomic mass is 10.1. The summed E-state index contributed by atoms with van der Waals surface area (Å²) >= 11 is 0. The number of aromatic nitrogens is 2. The minimum atomic E-state index is -4.79. The smallest absolute Gasteiger partial charge is 0.354 e. The average Bonchev–Trinajstić information content (AvgIpc) is 2.96. The van der Waals surface area contributed by atoms with E-state index in [-0.39, 0.29) is 5.56 Å². The summed E-state index contributed by atoms with van der Waals surface area (Å²) in [5.74, 6) is -7.20. The molecule has 0 atom stereocenters. The second-order valence-electron chi connectivity index (χ2n) is 4.15. The van der Waals surface area contributed by atoms with E-state index < -0.39 is 35.3 Å². The van der Waals surface area contributed by atoms with E-state index in [9.17, 15) is 26.7 Å². The average molecular weight is 321 g/mol. The van der Waals surface area contributed by atoms with E-state index in [2.05, 4.69) is 14.7 Å². The number of hydrogen-bond donors (Lipinski definition) is 1. The van der Waals surface area contributed by atoms with Crippen LogP contribution in [0.2, 0.25) is 0 Å². The predicted molar refractivity (Wildman–Crippen MR) is 62.7 cm³/mol. The Hall–Kier alpha value is -2.52. The molecule has 0 saturated carbocycles. The summed E-state index contributed by atoms with van der Waals surface area (Å²) in [7, 11) is 1.06. The number of carbonyl (C=O) groups is 1. The van der Waals surface area contributed by atoms with Crippen LogP contribution in [0.25, 0.3) is 11.4 Å². The molecule has 1 aromatic carbocycles. The largest absolute Gasteiger partial charge is 0.471 e. The molecule has 118 valence electrons. The zero-order valence-electron chi connectivity index (χ0n) is 10.9. The number of alkyl halides is 5. The fourth-order valence-electron chi connectivity index (χ4n) is 1.57. The van der Waals surface area contributed by atoms with Gasteiger partial charge in [0.15, 0.2) is 0 Å². The molecule has 22 heavy (non-hydrogen) atoms. The first kappa shape index (κ1) is 15.9. The molecule has 0 aliphatic heterocycles. The SMILES string of the molecule is CNC(=O)C(F)(F)c1ccc(-c2noc(C(F)(F)F)n2)cc1. The van der Waals surface area contributed by atoms with E-state index in [4.69, 9.17) is 0 Å². The Kier molecular flexibility index (Phi) is 3.86. The van der Waals surface area contributed by atoms with E-state index in [1.165, 1.54) is 0 Å². The highest BCUT2D eigenvalue weighted by atomic mass is 19.4. The van der Waals surface area contributed by atoms with Gasteiger partial charge in [0.25, 0.3) is 5.91 Å². The predicted octanol–water partition coefficient (Wildman–Crippen LogP) is 2.59. The van der Waals surface area contributed by atoms with E-state index in [0.717, 1.165) is 31.3 Å². The van der Waals surface area contributed by atoms with Crippen LogP contribution in [0.3, 0.4) is 0 Å². The van der Waals surface area contributed by atoms with Crippen LogP contribution in [0.1, 0.15) is 11.5 Å². The highest BCUT2D eigenvalue weighted by Crippen LogP contribution is 2.31. The molecule has 1 aromatic heterocycles. The standard InChI is InChI=1S/C12H8F5N3O2/c1-18-9(21)11(13,14)7-4-2-6(3-5-7)8-19-10(22-20-8)12(15,16)17/h2-5H,1H3,(H,18,21). The van der Waals surface area contributed by atoms with Crippen molar-refractivity contribution in [3.05, 3.63) is 35.7 Å². The Morgan fingerprint density at radius 2 is 1.73 bits per heavy atom. The Bertz CT molecular complexity index is 679. The summed E-state index contributed by atoms with van der Waals surface area (Å²) in [6, 6.07) is 3.93. The number of hydrogen-bond acceptors (Lipinski definition) is 4. The van der Waals surface area contributed by atoms with Gasteiger partial charge in [0.2, 0.25) is 5.82 Å². The number of nitrogens with zero attached hydrogens (tertiary/aromatic N) is 2. The molecule has 2 rings (SSSR count). The topological polar surface area (TPSA) is 68.0 Å². The second kappa shape index (κ2) is 5.35. The molecule has 0 aliphatic rings. The third-order valence-electron chi connectivity index (χ3n) is 2.69. The van der Waals surface area contributed by atoms with Gasteiger partial charge in [-0.15, -0.1) is 0 Å². The van der Waals surface area contributed by atoms with Crippen LogP contribution in [0.15, 0.2) is 28.8 Å². The first-order valence-electron chi connectivity index (χ1n) is 5.78. The molecular weight excluding hydrogens is 313 g/mol. The lowest BCUT2D eigenvalue weighted by Crippen LogP contribution is -2.35. The highest BCUT2D eigenvalue weighted by Gasteiger charge is 2.40.